The number of ether oxygens (including phenoxy) is 3. The van der Waals surface area contributed by atoms with E-state index in [-0.39, 0.29) is 6.61 Å². The molecule has 0 aromatic heterocycles. The first-order valence-electron chi connectivity index (χ1n) is 3.02. The Bertz CT molecular complexity index is 136. The normalized spacial score (nSPS) is 40.0. The first kappa shape index (κ1) is 7.65. The summed E-state index contributed by atoms with van der Waals surface area (Å²) in [6.07, 6.45) is 0.217. The highest BCUT2D eigenvalue weighted by Crippen LogP contribution is 2.22. The smallest absolute Gasteiger partial charge is 0.280 e. The Morgan fingerprint density at radius 2 is 2.50 bits per heavy atom. The lowest BCUT2D eigenvalue weighted by atomic mass is 10.4. The van der Waals surface area contributed by atoms with Crippen LogP contribution in [0.4, 0.5) is 0 Å². The van der Waals surface area contributed by atoms with Gasteiger partial charge in [0, 0.05) is 14.0 Å². The largest absolute Gasteiger partial charge is 0.331 e. The molecule has 1 saturated heterocycles. The van der Waals surface area contributed by atoms with Crippen LogP contribution in [0.2, 0.25) is 0 Å². The standard InChI is InChI=1S/C6H10O4/c1-6(8-2)9-4-5(3-7)10-6/h3,5H,4H2,1-2H3. The molecular formula is C6H10O4. The minimum absolute atomic E-state index is 0.272. The maximum Gasteiger partial charge on any atom is 0.280 e. The minimum Gasteiger partial charge on any atom is -0.331 e. The fourth-order valence-electron chi connectivity index (χ4n) is 0.751. The fourth-order valence-corrected chi connectivity index (χ4v) is 0.751. The molecule has 0 radical (unpaired) electrons. The topological polar surface area (TPSA) is 44.8 Å². The van der Waals surface area contributed by atoms with Crippen LogP contribution in [0.15, 0.2) is 0 Å². The van der Waals surface area contributed by atoms with Gasteiger partial charge in [0.15, 0.2) is 6.29 Å². The van der Waals surface area contributed by atoms with Gasteiger partial charge in [-0.05, 0) is 0 Å². The summed E-state index contributed by atoms with van der Waals surface area (Å²) in [6.45, 7) is 1.89. The molecule has 0 saturated carbocycles. The average Bonchev–Trinajstić information content (AvgIpc) is 2.33. The quantitative estimate of drug-likeness (QED) is 0.511. The van der Waals surface area contributed by atoms with E-state index in [0.29, 0.717) is 6.29 Å². The van der Waals surface area contributed by atoms with Gasteiger partial charge in [-0.2, -0.15) is 0 Å². The van der Waals surface area contributed by atoms with Crippen molar-refractivity contribution in [3.05, 3.63) is 0 Å². The third kappa shape index (κ3) is 1.34. The molecule has 1 aliphatic heterocycles. The van der Waals surface area contributed by atoms with Crippen LogP contribution >= 0.6 is 0 Å². The molecule has 0 spiro atoms. The van der Waals surface area contributed by atoms with Crippen LogP contribution in [-0.4, -0.2) is 32.1 Å². The van der Waals surface area contributed by atoms with Crippen molar-refractivity contribution >= 4 is 6.29 Å². The first-order valence-corrected chi connectivity index (χ1v) is 3.02. The fraction of sp³-hybridized carbons (Fsp3) is 0.833. The predicted octanol–water partition coefficient (Wildman–Crippen LogP) is -0.0792. The van der Waals surface area contributed by atoms with E-state index in [1.165, 1.54) is 7.11 Å². The van der Waals surface area contributed by atoms with Crippen molar-refractivity contribution in [3.8, 4) is 0 Å². The Kier molecular flexibility index (Phi) is 2.03. The van der Waals surface area contributed by atoms with Crippen LogP contribution < -0.4 is 0 Å². The number of carbonyl (C=O) groups excluding carboxylic acids is 1. The third-order valence-electron chi connectivity index (χ3n) is 1.40. The van der Waals surface area contributed by atoms with Gasteiger partial charge in [-0.25, -0.2) is 0 Å². The van der Waals surface area contributed by atoms with Crippen LogP contribution in [0, 0.1) is 0 Å². The van der Waals surface area contributed by atoms with E-state index >= 15 is 0 Å². The van der Waals surface area contributed by atoms with E-state index in [2.05, 4.69) is 0 Å². The first-order chi connectivity index (χ1) is 4.70. The third-order valence-corrected chi connectivity index (χ3v) is 1.40. The number of rotatable bonds is 2. The van der Waals surface area contributed by atoms with Crippen molar-refractivity contribution in [1.29, 1.82) is 0 Å². The molecule has 0 amide bonds. The van der Waals surface area contributed by atoms with Gasteiger partial charge in [0.1, 0.15) is 6.10 Å². The molecule has 10 heavy (non-hydrogen) atoms. The Balaban J connectivity index is 2.48. The summed E-state index contributed by atoms with van der Waals surface area (Å²) in [7, 11) is 1.47. The molecule has 58 valence electrons. The SMILES string of the molecule is COC1(C)OCC(C=O)O1. The van der Waals surface area contributed by atoms with Crippen LogP contribution in [-0.2, 0) is 19.0 Å². The lowest BCUT2D eigenvalue weighted by Crippen LogP contribution is -2.28. The number of aldehydes is 1. The Labute approximate surface area is 59.1 Å². The van der Waals surface area contributed by atoms with Crippen LogP contribution in [0.5, 0.6) is 0 Å². The molecule has 4 nitrogen and oxygen atoms in total. The second-order valence-corrected chi connectivity index (χ2v) is 2.17. The van der Waals surface area contributed by atoms with Gasteiger partial charge >= 0.3 is 0 Å². The van der Waals surface area contributed by atoms with Gasteiger partial charge in [-0.3, -0.25) is 0 Å². The minimum atomic E-state index is -1.02. The summed E-state index contributed by atoms with van der Waals surface area (Å²) >= 11 is 0. The average molecular weight is 146 g/mol. The molecule has 0 bridgehead atoms. The zero-order valence-corrected chi connectivity index (χ0v) is 5.99. The molecular weight excluding hydrogens is 136 g/mol. The summed E-state index contributed by atoms with van der Waals surface area (Å²) in [5.74, 6) is -1.02. The van der Waals surface area contributed by atoms with Crippen molar-refractivity contribution in [1.82, 2.24) is 0 Å². The Morgan fingerprint density at radius 1 is 1.80 bits per heavy atom. The van der Waals surface area contributed by atoms with Crippen LogP contribution in [0.25, 0.3) is 0 Å². The predicted molar refractivity (Wildman–Crippen MR) is 32.3 cm³/mol. The van der Waals surface area contributed by atoms with Gasteiger partial charge in [0.05, 0.1) is 6.61 Å². The highest BCUT2D eigenvalue weighted by atomic mass is 16.9. The maximum absolute atomic E-state index is 10.2. The van der Waals surface area contributed by atoms with Crippen molar-refractivity contribution in [2.45, 2.75) is 19.0 Å². The van der Waals surface area contributed by atoms with Gasteiger partial charge in [-0.15, -0.1) is 0 Å². The Morgan fingerprint density at radius 3 is 2.80 bits per heavy atom. The van der Waals surface area contributed by atoms with Crippen molar-refractivity contribution in [3.63, 3.8) is 0 Å². The maximum atomic E-state index is 10.2. The van der Waals surface area contributed by atoms with E-state index in [1.54, 1.807) is 6.92 Å². The monoisotopic (exact) mass is 146 g/mol. The zero-order valence-electron chi connectivity index (χ0n) is 5.99. The summed E-state index contributed by atoms with van der Waals surface area (Å²) < 4.78 is 14.9. The molecule has 0 aromatic carbocycles. The number of methoxy groups -OCH3 is 1. The van der Waals surface area contributed by atoms with E-state index in [0.717, 1.165) is 0 Å². The molecule has 1 fully saturated rings. The number of hydrogen-bond donors (Lipinski definition) is 0. The number of hydrogen-bond acceptors (Lipinski definition) is 4. The Hall–Kier alpha value is -0.450. The van der Waals surface area contributed by atoms with Gasteiger partial charge in [0.2, 0.25) is 0 Å². The second-order valence-electron chi connectivity index (χ2n) is 2.17. The molecule has 2 unspecified atom stereocenters. The zero-order chi connectivity index (χ0) is 7.61. The van der Waals surface area contributed by atoms with E-state index in [4.69, 9.17) is 14.2 Å². The highest BCUT2D eigenvalue weighted by molar-refractivity contribution is 5.56. The van der Waals surface area contributed by atoms with Gasteiger partial charge in [-0.1, -0.05) is 0 Å². The second kappa shape index (κ2) is 2.65. The number of carbonyl (C=O) groups is 1. The molecule has 0 aromatic rings. The molecule has 1 aliphatic rings. The van der Waals surface area contributed by atoms with Gasteiger partial charge < -0.3 is 19.0 Å². The molecule has 0 N–H and O–H groups in total. The molecule has 4 heteroatoms. The van der Waals surface area contributed by atoms with E-state index < -0.39 is 12.1 Å². The van der Waals surface area contributed by atoms with Crippen molar-refractivity contribution in [2.24, 2.45) is 0 Å². The molecule has 0 aliphatic carbocycles. The highest BCUT2D eigenvalue weighted by Gasteiger charge is 2.37. The molecule has 2 atom stereocenters. The summed E-state index contributed by atoms with van der Waals surface area (Å²) in [4.78, 5) is 10.2. The summed E-state index contributed by atoms with van der Waals surface area (Å²) in [6, 6.07) is 0. The molecule has 1 heterocycles. The van der Waals surface area contributed by atoms with Crippen molar-refractivity contribution in [2.75, 3.05) is 13.7 Å². The lowest BCUT2D eigenvalue weighted by Gasteiger charge is -2.19. The van der Waals surface area contributed by atoms with E-state index in [9.17, 15) is 4.79 Å². The van der Waals surface area contributed by atoms with Crippen LogP contribution in [0.1, 0.15) is 6.92 Å². The summed E-state index contributed by atoms with van der Waals surface area (Å²) in [5, 5.41) is 0. The lowest BCUT2D eigenvalue weighted by molar-refractivity contribution is -0.311. The molecule has 1 rings (SSSR count). The van der Waals surface area contributed by atoms with Gasteiger partial charge in [0.25, 0.3) is 5.97 Å². The summed E-state index contributed by atoms with van der Waals surface area (Å²) in [5.41, 5.74) is 0. The van der Waals surface area contributed by atoms with E-state index in [1.807, 2.05) is 0 Å². The van der Waals surface area contributed by atoms with Crippen LogP contribution in [0.3, 0.4) is 0 Å². The van der Waals surface area contributed by atoms with Crippen molar-refractivity contribution < 1.29 is 19.0 Å².